The molecule has 0 radical (unpaired) electrons. The first kappa shape index (κ1) is 20.2. The van der Waals surface area contributed by atoms with Crippen LogP contribution >= 0.6 is 11.3 Å². The molecule has 1 aromatic heterocycles. The molecule has 0 bridgehead atoms. The average Bonchev–Trinajstić information content (AvgIpc) is 3.18. The van der Waals surface area contributed by atoms with E-state index in [4.69, 9.17) is 4.74 Å². The number of rotatable bonds is 5. The van der Waals surface area contributed by atoms with E-state index in [1.807, 2.05) is 7.05 Å². The SMILES string of the molecule is CCOC(=O)c1c(NC(=O)CN2C(=O)c3ccccc3C2=O)sc2c1CCN(C)C2. The summed E-state index contributed by atoms with van der Waals surface area (Å²) >= 11 is 1.33. The van der Waals surface area contributed by atoms with Gasteiger partial charge < -0.3 is 15.0 Å². The van der Waals surface area contributed by atoms with Crippen LogP contribution in [-0.4, -0.2) is 60.2 Å². The number of carbonyl (C=O) groups is 4. The molecule has 4 rings (SSSR count). The lowest BCUT2D eigenvalue weighted by Crippen LogP contribution is -2.37. The molecule has 8 nitrogen and oxygen atoms in total. The van der Waals surface area contributed by atoms with Crippen LogP contribution in [0.3, 0.4) is 0 Å². The zero-order valence-corrected chi connectivity index (χ0v) is 17.5. The standard InChI is InChI=1S/C21H21N3O5S/c1-3-29-21(28)17-14-8-9-23(2)10-15(14)30-18(17)22-16(25)11-24-19(26)12-6-4-5-7-13(12)20(24)27/h4-7H,3,8-11H2,1-2H3,(H,22,25). The number of nitrogens with one attached hydrogen (secondary N) is 1. The van der Waals surface area contributed by atoms with E-state index in [9.17, 15) is 19.2 Å². The Morgan fingerprint density at radius 3 is 2.47 bits per heavy atom. The van der Waals surface area contributed by atoms with Gasteiger partial charge in [-0.1, -0.05) is 12.1 Å². The molecule has 1 aromatic carbocycles. The number of hydrogen-bond acceptors (Lipinski definition) is 7. The number of hydrogen-bond donors (Lipinski definition) is 1. The summed E-state index contributed by atoms with van der Waals surface area (Å²) in [5, 5.41) is 3.13. The Hall–Kier alpha value is -3.04. The number of amides is 3. The van der Waals surface area contributed by atoms with Gasteiger partial charge in [-0.05, 0) is 38.1 Å². The lowest BCUT2D eigenvalue weighted by Gasteiger charge is -2.22. The minimum atomic E-state index is -0.540. The van der Waals surface area contributed by atoms with Gasteiger partial charge in [0.2, 0.25) is 5.91 Å². The number of benzene rings is 1. The fourth-order valence-electron chi connectivity index (χ4n) is 3.73. The van der Waals surface area contributed by atoms with Crippen LogP contribution in [0.15, 0.2) is 24.3 Å². The second-order valence-corrected chi connectivity index (χ2v) is 8.31. The highest BCUT2D eigenvalue weighted by molar-refractivity contribution is 7.17. The Kier molecular flexibility index (Phi) is 5.40. The highest BCUT2D eigenvalue weighted by Gasteiger charge is 2.37. The largest absolute Gasteiger partial charge is 0.462 e. The molecule has 9 heteroatoms. The lowest BCUT2D eigenvalue weighted by molar-refractivity contribution is -0.116. The van der Waals surface area contributed by atoms with Crippen LogP contribution in [0.25, 0.3) is 0 Å². The molecule has 0 atom stereocenters. The normalized spacial score (nSPS) is 15.7. The van der Waals surface area contributed by atoms with Crippen LogP contribution in [0, 0.1) is 0 Å². The molecular formula is C21H21N3O5S. The second-order valence-electron chi connectivity index (χ2n) is 7.21. The van der Waals surface area contributed by atoms with Crippen LogP contribution in [0.4, 0.5) is 5.00 Å². The van der Waals surface area contributed by atoms with Crippen molar-refractivity contribution in [2.75, 3.05) is 32.1 Å². The maximum absolute atomic E-state index is 12.7. The van der Waals surface area contributed by atoms with Crippen LogP contribution < -0.4 is 5.32 Å². The Labute approximate surface area is 177 Å². The molecule has 2 aromatic rings. The van der Waals surface area contributed by atoms with Crippen molar-refractivity contribution in [2.45, 2.75) is 19.9 Å². The predicted octanol–water partition coefficient (Wildman–Crippen LogP) is 2.15. The molecule has 0 aliphatic carbocycles. The Balaban J connectivity index is 1.56. The number of fused-ring (bicyclic) bond motifs is 2. The van der Waals surface area contributed by atoms with E-state index in [0.717, 1.165) is 21.9 Å². The number of likely N-dealkylation sites (N-methyl/N-ethyl adjacent to an activating group) is 1. The first-order chi connectivity index (χ1) is 14.4. The third kappa shape index (κ3) is 3.50. The third-order valence-corrected chi connectivity index (χ3v) is 6.29. The molecule has 2 aliphatic rings. The highest BCUT2D eigenvalue weighted by Crippen LogP contribution is 2.37. The van der Waals surface area contributed by atoms with Gasteiger partial charge >= 0.3 is 5.97 Å². The summed E-state index contributed by atoms with van der Waals surface area (Å²) in [6.45, 7) is 3.02. The van der Waals surface area contributed by atoms with Gasteiger partial charge in [-0.15, -0.1) is 11.3 Å². The van der Waals surface area contributed by atoms with Gasteiger partial charge in [-0.2, -0.15) is 0 Å². The molecule has 30 heavy (non-hydrogen) atoms. The minimum Gasteiger partial charge on any atom is -0.462 e. The molecule has 1 N–H and O–H groups in total. The molecule has 0 saturated carbocycles. The van der Waals surface area contributed by atoms with Crippen molar-refractivity contribution in [2.24, 2.45) is 0 Å². The number of thiophene rings is 1. The van der Waals surface area contributed by atoms with Crippen molar-refractivity contribution in [3.05, 3.63) is 51.4 Å². The summed E-state index contributed by atoms with van der Waals surface area (Å²) < 4.78 is 5.20. The number of carbonyl (C=O) groups excluding carboxylic acids is 4. The smallest absolute Gasteiger partial charge is 0.341 e. The van der Waals surface area contributed by atoms with E-state index in [-0.39, 0.29) is 17.7 Å². The van der Waals surface area contributed by atoms with Crippen molar-refractivity contribution in [3.63, 3.8) is 0 Å². The molecular weight excluding hydrogens is 406 g/mol. The predicted molar refractivity (Wildman–Crippen MR) is 111 cm³/mol. The molecule has 0 unspecified atom stereocenters. The minimum absolute atomic E-state index is 0.228. The van der Waals surface area contributed by atoms with Crippen molar-refractivity contribution in [3.8, 4) is 0 Å². The molecule has 156 valence electrons. The summed E-state index contributed by atoms with van der Waals surface area (Å²) in [4.78, 5) is 54.3. The maximum atomic E-state index is 12.7. The van der Waals surface area contributed by atoms with Gasteiger partial charge in [0.05, 0.1) is 23.3 Å². The summed E-state index contributed by atoms with van der Waals surface area (Å²) in [5.74, 6) is -2.01. The highest BCUT2D eigenvalue weighted by atomic mass is 32.1. The van der Waals surface area contributed by atoms with E-state index in [2.05, 4.69) is 10.2 Å². The third-order valence-electron chi connectivity index (χ3n) is 5.16. The summed E-state index contributed by atoms with van der Waals surface area (Å²) in [6.07, 6.45) is 0.685. The van der Waals surface area contributed by atoms with Gasteiger partial charge in [0.1, 0.15) is 11.5 Å². The first-order valence-corrected chi connectivity index (χ1v) is 10.5. The monoisotopic (exact) mass is 427 g/mol. The maximum Gasteiger partial charge on any atom is 0.341 e. The Morgan fingerprint density at radius 1 is 1.17 bits per heavy atom. The molecule has 0 fully saturated rings. The molecule has 0 saturated heterocycles. The fourth-order valence-corrected chi connectivity index (χ4v) is 5.06. The van der Waals surface area contributed by atoms with Crippen LogP contribution in [-0.2, 0) is 22.5 Å². The van der Waals surface area contributed by atoms with Gasteiger partial charge in [0, 0.05) is 18.0 Å². The van der Waals surface area contributed by atoms with Crippen molar-refractivity contribution >= 4 is 40.0 Å². The zero-order chi connectivity index (χ0) is 21.4. The zero-order valence-electron chi connectivity index (χ0n) is 16.7. The van der Waals surface area contributed by atoms with E-state index < -0.39 is 30.2 Å². The van der Waals surface area contributed by atoms with E-state index in [1.54, 1.807) is 31.2 Å². The Morgan fingerprint density at radius 2 is 1.83 bits per heavy atom. The summed E-state index contributed by atoms with van der Waals surface area (Å²) in [6, 6.07) is 6.48. The van der Waals surface area contributed by atoms with Crippen molar-refractivity contribution in [1.82, 2.24) is 9.80 Å². The molecule has 0 spiro atoms. The number of ether oxygens (including phenoxy) is 1. The average molecular weight is 427 g/mol. The molecule has 2 aliphatic heterocycles. The van der Waals surface area contributed by atoms with Crippen LogP contribution in [0.2, 0.25) is 0 Å². The van der Waals surface area contributed by atoms with Gasteiger partial charge in [-0.3, -0.25) is 19.3 Å². The van der Waals surface area contributed by atoms with E-state index >= 15 is 0 Å². The quantitative estimate of drug-likeness (QED) is 0.580. The number of anilines is 1. The summed E-state index contributed by atoms with van der Waals surface area (Å²) in [5.41, 5.74) is 1.85. The van der Waals surface area contributed by atoms with Gasteiger partial charge in [-0.25, -0.2) is 4.79 Å². The lowest BCUT2D eigenvalue weighted by atomic mass is 10.0. The topological polar surface area (TPSA) is 96.0 Å². The van der Waals surface area contributed by atoms with E-state index in [0.29, 0.717) is 23.5 Å². The van der Waals surface area contributed by atoms with Crippen LogP contribution in [0.1, 0.15) is 48.4 Å². The Bertz CT molecular complexity index is 1030. The first-order valence-electron chi connectivity index (χ1n) is 9.66. The second kappa shape index (κ2) is 8.00. The summed E-state index contributed by atoms with van der Waals surface area (Å²) in [7, 11) is 1.99. The number of nitrogens with zero attached hydrogens (tertiary/aromatic N) is 2. The molecule has 3 amide bonds. The van der Waals surface area contributed by atoms with Crippen LogP contribution in [0.5, 0.6) is 0 Å². The van der Waals surface area contributed by atoms with E-state index in [1.165, 1.54) is 11.3 Å². The fraction of sp³-hybridized carbons (Fsp3) is 0.333. The number of imide groups is 1. The number of esters is 1. The van der Waals surface area contributed by atoms with Gasteiger partial charge in [0.25, 0.3) is 11.8 Å². The molecule has 3 heterocycles. The van der Waals surface area contributed by atoms with Gasteiger partial charge in [0.15, 0.2) is 0 Å². The van der Waals surface area contributed by atoms with Crippen molar-refractivity contribution < 1.29 is 23.9 Å². The van der Waals surface area contributed by atoms with Crippen molar-refractivity contribution in [1.29, 1.82) is 0 Å².